The second kappa shape index (κ2) is 9.05. The van der Waals surface area contributed by atoms with Crippen LogP contribution in [-0.4, -0.2) is 46.6 Å². The van der Waals surface area contributed by atoms with Crippen LogP contribution in [0, 0.1) is 0 Å². The number of Topliss-reactive ketones (excluding diaryl/α,β-unsaturated/α-hetero) is 1. The van der Waals surface area contributed by atoms with E-state index in [4.69, 9.17) is 9.72 Å². The van der Waals surface area contributed by atoms with Gasteiger partial charge in [0.15, 0.2) is 10.9 Å². The molecule has 0 unspecified atom stereocenters. The maximum Gasteiger partial charge on any atom is 0.349 e. The number of carbonyl (C=O) groups is 1. The summed E-state index contributed by atoms with van der Waals surface area (Å²) >= 11 is 1.42. The van der Waals surface area contributed by atoms with Crippen LogP contribution in [0.25, 0.3) is 32.4 Å². The van der Waals surface area contributed by atoms with Crippen LogP contribution in [0.5, 0.6) is 0 Å². The average molecular weight is 483 g/mol. The molecule has 0 spiro atoms. The minimum atomic E-state index is -0.456. The third-order valence-corrected chi connectivity index (χ3v) is 7.35. The predicted molar refractivity (Wildman–Crippen MR) is 138 cm³/mol. The molecule has 7 nitrogen and oxygen atoms in total. The summed E-state index contributed by atoms with van der Waals surface area (Å²) in [6.45, 7) is 2.63. The first-order valence-corrected chi connectivity index (χ1v) is 12.3. The number of fused-ring (bicyclic) bond motifs is 2. The van der Waals surface area contributed by atoms with E-state index in [2.05, 4.69) is 9.88 Å². The summed E-state index contributed by atoms with van der Waals surface area (Å²) in [5.74, 6) is -0.144. The van der Waals surface area contributed by atoms with Gasteiger partial charge in [-0.1, -0.05) is 78.1 Å². The number of aromatic nitrogens is 3. The van der Waals surface area contributed by atoms with Gasteiger partial charge in [0.1, 0.15) is 16.0 Å². The van der Waals surface area contributed by atoms with E-state index in [1.807, 2.05) is 72.8 Å². The summed E-state index contributed by atoms with van der Waals surface area (Å²) in [5, 5.41) is 2.86. The zero-order valence-corrected chi connectivity index (χ0v) is 19.7. The van der Waals surface area contributed by atoms with Gasteiger partial charge in [0, 0.05) is 24.2 Å². The highest BCUT2D eigenvalue weighted by Crippen LogP contribution is 2.33. The molecule has 1 fully saturated rings. The van der Waals surface area contributed by atoms with Crippen LogP contribution in [0.2, 0.25) is 0 Å². The number of carbonyl (C=O) groups excluding carboxylic acids is 1. The van der Waals surface area contributed by atoms with E-state index in [1.54, 1.807) is 0 Å². The Hall–Kier alpha value is -3.88. The van der Waals surface area contributed by atoms with Gasteiger partial charge in [0.2, 0.25) is 0 Å². The molecule has 0 bridgehead atoms. The lowest BCUT2D eigenvalue weighted by atomic mass is 10.0. The van der Waals surface area contributed by atoms with Gasteiger partial charge in [-0.05, 0) is 16.8 Å². The van der Waals surface area contributed by atoms with Crippen molar-refractivity contribution < 1.29 is 9.53 Å². The maximum absolute atomic E-state index is 13.3. The molecule has 3 heterocycles. The maximum atomic E-state index is 13.3. The van der Waals surface area contributed by atoms with Gasteiger partial charge in [0.25, 0.3) is 0 Å². The molecule has 1 aliphatic rings. The van der Waals surface area contributed by atoms with Crippen molar-refractivity contribution in [2.75, 3.05) is 31.2 Å². The Bertz CT molecular complexity index is 1600. The summed E-state index contributed by atoms with van der Waals surface area (Å²) in [6, 6.07) is 23.1. The number of nitrogens with zero attached hydrogens (tertiary/aromatic N) is 4. The largest absolute Gasteiger partial charge is 0.378 e. The average Bonchev–Trinajstić information content (AvgIpc) is 3.36. The number of thiazole rings is 1. The number of morpholine rings is 1. The van der Waals surface area contributed by atoms with E-state index >= 15 is 0 Å². The number of hydrogen-bond donors (Lipinski definition) is 0. The molecular formula is C27H22N4O3S. The normalized spacial score (nSPS) is 14.0. The third kappa shape index (κ3) is 4.11. The smallest absolute Gasteiger partial charge is 0.349 e. The topological polar surface area (TPSA) is 77.3 Å². The highest BCUT2D eigenvalue weighted by atomic mass is 32.1. The quantitative estimate of drug-likeness (QED) is 0.346. The fourth-order valence-corrected chi connectivity index (χ4v) is 5.47. The summed E-state index contributed by atoms with van der Waals surface area (Å²) < 4.78 is 6.95. The Morgan fingerprint density at radius 1 is 0.914 bits per heavy atom. The highest BCUT2D eigenvalue weighted by Gasteiger charge is 2.22. The fraction of sp³-hybridized carbons (Fsp3) is 0.185. The first kappa shape index (κ1) is 21.6. The minimum Gasteiger partial charge on any atom is -0.378 e. The Kier molecular flexibility index (Phi) is 5.60. The van der Waals surface area contributed by atoms with Crippen LogP contribution < -0.4 is 10.6 Å². The zero-order chi connectivity index (χ0) is 23.8. The molecule has 0 aliphatic carbocycles. The number of rotatable bonds is 5. The predicted octanol–water partition coefficient (Wildman–Crippen LogP) is 4.39. The van der Waals surface area contributed by atoms with Crippen LogP contribution in [0.3, 0.4) is 0 Å². The van der Waals surface area contributed by atoms with Crippen LogP contribution in [0.15, 0.2) is 77.6 Å². The van der Waals surface area contributed by atoms with Gasteiger partial charge in [-0.15, -0.1) is 0 Å². The van der Waals surface area contributed by atoms with E-state index in [9.17, 15) is 9.59 Å². The van der Waals surface area contributed by atoms with Crippen molar-refractivity contribution in [3.63, 3.8) is 0 Å². The third-order valence-electron chi connectivity index (χ3n) is 6.21. The molecule has 0 radical (unpaired) electrons. The van der Waals surface area contributed by atoms with Crippen molar-refractivity contribution in [2.24, 2.45) is 0 Å². The molecule has 6 rings (SSSR count). The fourth-order valence-electron chi connectivity index (χ4n) is 4.36. The lowest BCUT2D eigenvalue weighted by Gasteiger charge is -2.25. The van der Waals surface area contributed by atoms with E-state index in [0.717, 1.165) is 34.6 Å². The van der Waals surface area contributed by atoms with Crippen molar-refractivity contribution in [1.82, 2.24) is 14.5 Å². The van der Waals surface area contributed by atoms with Crippen LogP contribution in [-0.2, 0) is 11.3 Å². The monoisotopic (exact) mass is 482 g/mol. The van der Waals surface area contributed by atoms with Crippen LogP contribution >= 0.6 is 11.3 Å². The van der Waals surface area contributed by atoms with E-state index in [1.165, 1.54) is 15.9 Å². The number of hydrogen-bond acceptors (Lipinski definition) is 7. The summed E-state index contributed by atoms with van der Waals surface area (Å²) in [4.78, 5) is 38.6. The second-order valence-corrected chi connectivity index (χ2v) is 9.39. The number of benzene rings is 3. The van der Waals surface area contributed by atoms with Gasteiger partial charge in [-0.25, -0.2) is 9.78 Å². The molecule has 5 aromatic rings. The SMILES string of the molecule is O=C(Cn1c(=O)nc(-c2ccccc2)c2nc(N3CCOCC3)sc21)c1ccc2ccccc2c1. The van der Waals surface area contributed by atoms with Gasteiger partial charge < -0.3 is 9.64 Å². The summed E-state index contributed by atoms with van der Waals surface area (Å²) in [7, 11) is 0. The molecule has 174 valence electrons. The Morgan fingerprint density at radius 2 is 1.66 bits per heavy atom. The Balaban J connectivity index is 1.45. The van der Waals surface area contributed by atoms with Gasteiger partial charge in [0.05, 0.1) is 19.8 Å². The molecule has 1 aliphatic heterocycles. The zero-order valence-electron chi connectivity index (χ0n) is 18.9. The molecule has 8 heteroatoms. The van der Waals surface area contributed by atoms with Crippen molar-refractivity contribution in [3.8, 4) is 11.3 Å². The number of ketones is 1. The molecule has 35 heavy (non-hydrogen) atoms. The molecule has 0 N–H and O–H groups in total. The lowest BCUT2D eigenvalue weighted by molar-refractivity contribution is 0.0972. The first-order chi connectivity index (χ1) is 17.2. The Labute approximate surface area is 205 Å². The van der Waals surface area contributed by atoms with E-state index < -0.39 is 5.69 Å². The van der Waals surface area contributed by atoms with E-state index in [-0.39, 0.29) is 12.3 Å². The van der Waals surface area contributed by atoms with Gasteiger partial charge in [-0.2, -0.15) is 4.98 Å². The highest BCUT2D eigenvalue weighted by molar-refractivity contribution is 7.22. The number of ether oxygens (including phenoxy) is 1. The van der Waals surface area contributed by atoms with Crippen LogP contribution in [0.1, 0.15) is 10.4 Å². The van der Waals surface area contributed by atoms with Crippen molar-refractivity contribution in [2.45, 2.75) is 6.54 Å². The standard InChI is InChI=1S/C27H22N4O3S/c32-22(21-11-10-18-6-4-5-9-20(18)16-21)17-31-25-24(29-27(35-25)30-12-14-34-15-13-30)23(28-26(31)33)19-7-2-1-3-8-19/h1-11,16H,12-15,17H2. The van der Waals surface area contributed by atoms with Gasteiger partial charge >= 0.3 is 5.69 Å². The molecule has 0 atom stereocenters. The molecule has 3 aromatic carbocycles. The summed E-state index contributed by atoms with van der Waals surface area (Å²) in [5.41, 5.74) is 2.10. The molecule has 2 aromatic heterocycles. The van der Waals surface area contributed by atoms with Crippen molar-refractivity contribution >= 4 is 43.4 Å². The molecule has 0 saturated carbocycles. The second-order valence-electron chi connectivity index (χ2n) is 8.43. The molecule has 1 saturated heterocycles. The van der Waals surface area contributed by atoms with Gasteiger partial charge in [-0.3, -0.25) is 9.36 Å². The van der Waals surface area contributed by atoms with E-state index in [0.29, 0.717) is 34.8 Å². The molecular weight excluding hydrogens is 460 g/mol. The minimum absolute atomic E-state index is 0.0967. The Morgan fingerprint density at radius 3 is 2.46 bits per heavy atom. The summed E-state index contributed by atoms with van der Waals surface area (Å²) in [6.07, 6.45) is 0. The lowest BCUT2D eigenvalue weighted by Crippen LogP contribution is -2.36. The number of anilines is 1. The van der Waals surface area contributed by atoms with Crippen molar-refractivity contribution in [3.05, 3.63) is 88.8 Å². The van der Waals surface area contributed by atoms with Crippen molar-refractivity contribution in [1.29, 1.82) is 0 Å². The first-order valence-electron chi connectivity index (χ1n) is 11.5. The molecule has 0 amide bonds. The van der Waals surface area contributed by atoms with Crippen LogP contribution in [0.4, 0.5) is 5.13 Å².